The van der Waals surface area contributed by atoms with Gasteiger partial charge in [-0.15, -0.1) is 0 Å². The van der Waals surface area contributed by atoms with Crippen LogP contribution in [-0.4, -0.2) is 30.5 Å². The molecule has 3 rings (SSSR count). The van der Waals surface area contributed by atoms with Crippen molar-refractivity contribution in [2.75, 3.05) is 25.0 Å². The summed E-state index contributed by atoms with van der Waals surface area (Å²) >= 11 is 0. The minimum Gasteiger partial charge on any atom is -0.489 e. The Kier molecular flexibility index (Phi) is 5.86. The van der Waals surface area contributed by atoms with Gasteiger partial charge in [-0.05, 0) is 55.8 Å². The number of nitrogens with one attached hydrogen (secondary N) is 1. The highest BCUT2D eigenvalue weighted by atomic mass is 16.5. The van der Waals surface area contributed by atoms with Crippen molar-refractivity contribution in [2.24, 2.45) is 0 Å². The summed E-state index contributed by atoms with van der Waals surface area (Å²) in [5.74, 6) is 0.590. The van der Waals surface area contributed by atoms with E-state index in [-0.39, 0.29) is 5.91 Å². The molecular formula is C21H24N2O2. The van der Waals surface area contributed by atoms with Crippen LogP contribution >= 0.6 is 0 Å². The molecule has 0 radical (unpaired) electrons. The monoisotopic (exact) mass is 336 g/mol. The van der Waals surface area contributed by atoms with E-state index in [1.54, 1.807) is 6.08 Å². The lowest BCUT2D eigenvalue weighted by molar-refractivity contribution is 0.102. The molecule has 0 aliphatic carbocycles. The highest BCUT2D eigenvalue weighted by molar-refractivity contribution is 6.04. The van der Waals surface area contributed by atoms with E-state index in [9.17, 15) is 4.79 Å². The molecular weight excluding hydrogens is 312 g/mol. The van der Waals surface area contributed by atoms with Gasteiger partial charge in [-0.25, -0.2) is 0 Å². The van der Waals surface area contributed by atoms with Crippen molar-refractivity contribution in [1.82, 2.24) is 4.90 Å². The highest BCUT2D eigenvalue weighted by Gasteiger charge is 2.12. The molecule has 1 fully saturated rings. The van der Waals surface area contributed by atoms with Crippen LogP contribution in [0.2, 0.25) is 0 Å². The SMILES string of the molecule is C=CCOc1cccc(NC(=O)c2ccc(CN3CCCC3)cc2)c1. The molecule has 0 spiro atoms. The summed E-state index contributed by atoms with van der Waals surface area (Å²) < 4.78 is 5.49. The Hall–Kier alpha value is -2.59. The average Bonchev–Trinajstić information content (AvgIpc) is 3.14. The number of nitrogens with zero attached hydrogens (tertiary/aromatic N) is 1. The fraction of sp³-hybridized carbons (Fsp3) is 0.286. The summed E-state index contributed by atoms with van der Waals surface area (Å²) in [5, 5.41) is 2.91. The fourth-order valence-electron chi connectivity index (χ4n) is 2.98. The number of likely N-dealkylation sites (tertiary alicyclic amines) is 1. The number of carbonyl (C=O) groups excluding carboxylic acids is 1. The lowest BCUT2D eigenvalue weighted by Crippen LogP contribution is -2.18. The number of carbonyl (C=O) groups is 1. The molecule has 25 heavy (non-hydrogen) atoms. The Labute approximate surface area is 149 Å². The molecule has 2 aromatic carbocycles. The number of ether oxygens (including phenoxy) is 1. The molecule has 1 saturated heterocycles. The molecule has 0 atom stereocenters. The van der Waals surface area contributed by atoms with Crippen LogP contribution in [0.3, 0.4) is 0 Å². The highest BCUT2D eigenvalue weighted by Crippen LogP contribution is 2.19. The first kappa shape index (κ1) is 17.2. The third-order valence-electron chi connectivity index (χ3n) is 4.28. The minimum atomic E-state index is -0.117. The summed E-state index contributed by atoms with van der Waals surface area (Å²) in [4.78, 5) is 14.9. The van der Waals surface area contributed by atoms with Crippen LogP contribution in [0.5, 0.6) is 5.75 Å². The van der Waals surface area contributed by atoms with Gasteiger partial charge in [0, 0.05) is 23.9 Å². The van der Waals surface area contributed by atoms with E-state index in [1.165, 1.54) is 31.5 Å². The van der Waals surface area contributed by atoms with Crippen molar-refractivity contribution in [3.05, 3.63) is 72.3 Å². The Morgan fingerprint density at radius 2 is 1.92 bits per heavy atom. The fourth-order valence-corrected chi connectivity index (χ4v) is 2.98. The first-order valence-electron chi connectivity index (χ1n) is 8.71. The zero-order chi connectivity index (χ0) is 17.5. The topological polar surface area (TPSA) is 41.6 Å². The van der Waals surface area contributed by atoms with E-state index in [4.69, 9.17) is 4.74 Å². The van der Waals surface area contributed by atoms with Crippen LogP contribution < -0.4 is 10.1 Å². The van der Waals surface area contributed by atoms with Crippen molar-refractivity contribution < 1.29 is 9.53 Å². The molecule has 0 aromatic heterocycles. The second-order valence-electron chi connectivity index (χ2n) is 6.26. The molecule has 1 aliphatic heterocycles. The molecule has 1 heterocycles. The van der Waals surface area contributed by atoms with Gasteiger partial charge >= 0.3 is 0 Å². The predicted octanol–water partition coefficient (Wildman–Crippen LogP) is 4.10. The van der Waals surface area contributed by atoms with Crippen molar-refractivity contribution >= 4 is 11.6 Å². The second kappa shape index (κ2) is 8.49. The average molecular weight is 336 g/mol. The van der Waals surface area contributed by atoms with E-state index in [0.29, 0.717) is 23.6 Å². The van der Waals surface area contributed by atoms with Gasteiger partial charge in [0.15, 0.2) is 0 Å². The lowest BCUT2D eigenvalue weighted by Gasteiger charge is -2.14. The van der Waals surface area contributed by atoms with Gasteiger partial charge < -0.3 is 10.1 Å². The van der Waals surface area contributed by atoms with Gasteiger partial charge in [-0.2, -0.15) is 0 Å². The minimum absolute atomic E-state index is 0.117. The van der Waals surface area contributed by atoms with Gasteiger partial charge in [0.1, 0.15) is 12.4 Å². The molecule has 2 aromatic rings. The molecule has 4 heteroatoms. The van der Waals surface area contributed by atoms with Crippen LogP contribution in [0.15, 0.2) is 61.2 Å². The zero-order valence-electron chi connectivity index (χ0n) is 14.4. The van der Waals surface area contributed by atoms with Crippen molar-refractivity contribution in [2.45, 2.75) is 19.4 Å². The van der Waals surface area contributed by atoms with Crippen LogP contribution in [-0.2, 0) is 6.54 Å². The van der Waals surface area contributed by atoms with E-state index in [2.05, 4.69) is 16.8 Å². The van der Waals surface area contributed by atoms with Crippen LogP contribution in [0, 0.1) is 0 Å². The predicted molar refractivity (Wildman–Crippen MR) is 101 cm³/mol. The summed E-state index contributed by atoms with van der Waals surface area (Å²) in [5.41, 5.74) is 2.62. The quantitative estimate of drug-likeness (QED) is 0.774. The number of hydrogen-bond donors (Lipinski definition) is 1. The van der Waals surface area contributed by atoms with Gasteiger partial charge in [-0.3, -0.25) is 9.69 Å². The maximum atomic E-state index is 12.4. The number of hydrogen-bond acceptors (Lipinski definition) is 3. The van der Waals surface area contributed by atoms with E-state index in [0.717, 1.165) is 6.54 Å². The normalized spacial score (nSPS) is 14.2. The summed E-state index contributed by atoms with van der Waals surface area (Å²) in [6.07, 6.45) is 4.26. The molecule has 0 unspecified atom stereocenters. The van der Waals surface area contributed by atoms with Crippen LogP contribution in [0.25, 0.3) is 0 Å². The number of benzene rings is 2. The number of rotatable bonds is 7. The van der Waals surface area contributed by atoms with Gasteiger partial charge in [0.2, 0.25) is 0 Å². The maximum Gasteiger partial charge on any atom is 0.255 e. The smallest absolute Gasteiger partial charge is 0.255 e. The maximum absolute atomic E-state index is 12.4. The van der Waals surface area contributed by atoms with Crippen LogP contribution in [0.1, 0.15) is 28.8 Å². The second-order valence-corrected chi connectivity index (χ2v) is 6.26. The summed E-state index contributed by atoms with van der Waals surface area (Å²) in [6.45, 7) is 7.38. The first-order valence-corrected chi connectivity index (χ1v) is 8.71. The van der Waals surface area contributed by atoms with Crippen molar-refractivity contribution in [3.63, 3.8) is 0 Å². The molecule has 1 N–H and O–H groups in total. The Bertz CT molecular complexity index is 719. The zero-order valence-corrected chi connectivity index (χ0v) is 14.4. The van der Waals surface area contributed by atoms with E-state index < -0.39 is 0 Å². The Morgan fingerprint density at radius 3 is 2.64 bits per heavy atom. The molecule has 0 saturated carbocycles. The molecule has 4 nitrogen and oxygen atoms in total. The first-order chi connectivity index (χ1) is 12.2. The largest absolute Gasteiger partial charge is 0.489 e. The van der Waals surface area contributed by atoms with Crippen molar-refractivity contribution in [3.8, 4) is 5.75 Å². The molecule has 1 aliphatic rings. The molecule has 130 valence electrons. The van der Waals surface area contributed by atoms with Crippen LogP contribution in [0.4, 0.5) is 5.69 Å². The lowest BCUT2D eigenvalue weighted by atomic mass is 10.1. The van der Waals surface area contributed by atoms with Gasteiger partial charge in [-0.1, -0.05) is 30.9 Å². The Morgan fingerprint density at radius 1 is 1.16 bits per heavy atom. The molecule has 0 bridgehead atoms. The number of anilines is 1. The third-order valence-corrected chi connectivity index (χ3v) is 4.28. The Balaban J connectivity index is 1.59. The van der Waals surface area contributed by atoms with Crippen molar-refractivity contribution in [1.29, 1.82) is 0 Å². The van der Waals surface area contributed by atoms with E-state index in [1.807, 2.05) is 48.5 Å². The summed E-state index contributed by atoms with van der Waals surface area (Å²) in [7, 11) is 0. The summed E-state index contributed by atoms with van der Waals surface area (Å²) in [6, 6.07) is 15.2. The molecule has 1 amide bonds. The van der Waals surface area contributed by atoms with Gasteiger partial charge in [0.25, 0.3) is 5.91 Å². The standard InChI is InChI=1S/C21H24N2O2/c1-2-14-25-20-7-5-6-19(15-20)22-21(24)18-10-8-17(9-11-18)16-23-12-3-4-13-23/h2,5-11,15H,1,3-4,12-14,16H2,(H,22,24). The van der Waals surface area contributed by atoms with Gasteiger partial charge in [0.05, 0.1) is 0 Å². The number of amides is 1. The van der Waals surface area contributed by atoms with E-state index >= 15 is 0 Å². The third kappa shape index (κ3) is 4.94.